The first kappa shape index (κ1) is 8.01. The number of hydrogen-bond acceptors (Lipinski definition) is 4. The Morgan fingerprint density at radius 3 is 2.92 bits per heavy atom. The lowest BCUT2D eigenvalue weighted by molar-refractivity contribution is -0.152. The summed E-state index contributed by atoms with van der Waals surface area (Å²) in [5.41, 5.74) is -0.362. The van der Waals surface area contributed by atoms with E-state index in [2.05, 4.69) is 10.2 Å². The van der Waals surface area contributed by atoms with Gasteiger partial charge >= 0.3 is 5.97 Å². The highest BCUT2D eigenvalue weighted by Crippen LogP contribution is 2.33. The van der Waals surface area contributed by atoms with Crippen LogP contribution < -0.4 is 5.32 Å². The van der Waals surface area contributed by atoms with Gasteiger partial charge in [0.1, 0.15) is 5.54 Å². The number of nitrogens with one attached hydrogen (secondary N) is 1. The van der Waals surface area contributed by atoms with E-state index < -0.39 is 0 Å². The van der Waals surface area contributed by atoms with Crippen molar-refractivity contribution in [3.8, 4) is 0 Å². The molecule has 0 aromatic carbocycles. The molecule has 2 fully saturated rings. The lowest BCUT2D eigenvalue weighted by Crippen LogP contribution is -2.55. The normalized spacial score (nSPS) is 40.3. The predicted molar refractivity (Wildman–Crippen MR) is 43.8 cm³/mol. The van der Waals surface area contributed by atoms with Crippen LogP contribution in [0.2, 0.25) is 0 Å². The van der Waals surface area contributed by atoms with Crippen LogP contribution in [-0.2, 0) is 9.53 Å². The third-order valence-corrected chi connectivity index (χ3v) is 3.06. The van der Waals surface area contributed by atoms with Gasteiger partial charge in [-0.2, -0.15) is 0 Å². The van der Waals surface area contributed by atoms with Crippen molar-refractivity contribution in [3.05, 3.63) is 0 Å². The molecule has 2 unspecified atom stereocenters. The molecule has 2 atom stereocenters. The van der Waals surface area contributed by atoms with Gasteiger partial charge in [0, 0.05) is 19.1 Å². The van der Waals surface area contributed by atoms with Gasteiger partial charge in [0.2, 0.25) is 0 Å². The summed E-state index contributed by atoms with van der Waals surface area (Å²) in [5, 5.41) is 3.30. The standard InChI is InChI=1S/C8H14N2O2/c1-10-4-6-3-8(10,5-9-6)7(11)12-2/h6,9H,3-5H2,1-2H3. The maximum atomic E-state index is 11.5. The molecule has 0 aromatic rings. The van der Waals surface area contributed by atoms with Gasteiger partial charge in [0.25, 0.3) is 0 Å². The van der Waals surface area contributed by atoms with Gasteiger partial charge in [-0.25, -0.2) is 4.79 Å². The van der Waals surface area contributed by atoms with E-state index >= 15 is 0 Å². The number of piperazine rings is 1. The van der Waals surface area contributed by atoms with Crippen LogP contribution in [0.1, 0.15) is 6.42 Å². The minimum Gasteiger partial charge on any atom is -0.468 e. The first-order valence-electron chi connectivity index (χ1n) is 4.22. The molecule has 0 aliphatic carbocycles. The average Bonchev–Trinajstić information content (AvgIpc) is 2.60. The molecule has 12 heavy (non-hydrogen) atoms. The maximum Gasteiger partial charge on any atom is 0.327 e. The fourth-order valence-corrected chi connectivity index (χ4v) is 2.29. The fourth-order valence-electron chi connectivity index (χ4n) is 2.29. The topological polar surface area (TPSA) is 41.6 Å². The van der Waals surface area contributed by atoms with Crippen molar-refractivity contribution in [1.82, 2.24) is 10.2 Å². The van der Waals surface area contributed by atoms with E-state index in [4.69, 9.17) is 4.74 Å². The monoisotopic (exact) mass is 170 g/mol. The van der Waals surface area contributed by atoms with E-state index in [9.17, 15) is 4.79 Å². The first-order valence-corrected chi connectivity index (χ1v) is 4.22. The minimum atomic E-state index is -0.362. The van der Waals surface area contributed by atoms with Crippen LogP contribution in [0, 0.1) is 0 Å². The smallest absolute Gasteiger partial charge is 0.327 e. The minimum absolute atomic E-state index is 0.0995. The number of ether oxygens (including phenoxy) is 1. The molecule has 68 valence electrons. The van der Waals surface area contributed by atoms with E-state index in [1.807, 2.05) is 7.05 Å². The zero-order valence-corrected chi connectivity index (χ0v) is 7.46. The van der Waals surface area contributed by atoms with Crippen LogP contribution >= 0.6 is 0 Å². The molecule has 1 N–H and O–H groups in total. The van der Waals surface area contributed by atoms with Crippen molar-refractivity contribution < 1.29 is 9.53 Å². The van der Waals surface area contributed by atoms with E-state index in [1.54, 1.807) is 0 Å². The molecule has 0 aromatic heterocycles. The van der Waals surface area contributed by atoms with Gasteiger partial charge in [-0.3, -0.25) is 4.90 Å². The van der Waals surface area contributed by atoms with E-state index in [-0.39, 0.29) is 11.5 Å². The number of fused-ring (bicyclic) bond motifs is 2. The Hall–Kier alpha value is -0.610. The highest BCUT2D eigenvalue weighted by atomic mass is 16.5. The van der Waals surface area contributed by atoms with Crippen molar-refractivity contribution in [2.24, 2.45) is 0 Å². The van der Waals surface area contributed by atoms with Gasteiger partial charge in [-0.15, -0.1) is 0 Å². The van der Waals surface area contributed by atoms with Crippen LogP contribution in [0.4, 0.5) is 0 Å². The van der Waals surface area contributed by atoms with Crippen LogP contribution in [0.15, 0.2) is 0 Å². The summed E-state index contributed by atoms with van der Waals surface area (Å²) in [4.78, 5) is 13.6. The molecule has 4 heteroatoms. The molecule has 4 nitrogen and oxygen atoms in total. The van der Waals surface area contributed by atoms with Crippen LogP contribution in [0.3, 0.4) is 0 Å². The van der Waals surface area contributed by atoms with E-state index in [0.717, 1.165) is 19.5 Å². The fraction of sp³-hybridized carbons (Fsp3) is 0.875. The summed E-state index contributed by atoms with van der Waals surface area (Å²) in [6, 6.07) is 0.481. The lowest BCUT2D eigenvalue weighted by Gasteiger charge is -2.32. The molecule has 2 aliphatic rings. The van der Waals surface area contributed by atoms with Gasteiger partial charge in [0.15, 0.2) is 0 Å². The van der Waals surface area contributed by atoms with Crippen molar-refractivity contribution >= 4 is 5.97 Å². The number of methoxy groups -OCH3 is 1. The summed E-state index contributed by atoms with van der Waals surface area (Å²) in [5.74, 6) is -0.0995. The number of esters is 1. The molecule has 2 heterocycles. The Morgan fingerprint density at radius 2 is 2.50 bits per heavy atom. The molecule has 0 saturated carbocycles. The molecule has 2 saturated heterocycles. The van der Waals surface area contributed by atoms with Gasteiger partial charge in [-0.1, -0.05) is 0 Å². The van der Waals surface area contributed by atoms with Crippen molar-refractivity contribution in [1.29, 1.82) is 0 Å². The SMILES string of the molecule is COC(=O)C12CNC(CN1C)C2. The third kappa shape index (κ3) is 0.820. The molecule has 0 radical (unpaired) electrons. The number of nitrogens with zero attached hydrogens (tertiary/aromatic N) is 1. The summed E-state index contributed by atoms with van der Waals surface area (Å²) in [6.07, 6.45) is 0.899. The van der Waals surface area contributed by atoms with Gasteiger partial charge < -0.3 is 10.1 Å². The van der Waals surface area contributed by atoms with Gasteiger partial charge in [-0.05, 0) is 13.5 Å². The zero-order valence-electron chi connectivity index (χ0n) is 7.46. The molecule has 0 amide bonds. The predicted octanol–water partition coefficient (Wildman–Crippen LogP) is -0.794. The van der Waals surface area contributed by atoms with Crippen molar-refractivity contribution in [2.45, 2.75) is 18.0 Å². The molecular weight excluding hydrogens is 156 g/mol. The van der Waals surface area contributed by atoms with E-state index in [0.29, 0.717) is 6.04 Å². The first-order chi connectivity index (χ1) is 5.69. The molecule has 2 aliphatic heterocycles. The van der Waals surface area contributed by atoms with Crippen LogP contribution in [-0.4, -0.2) is 49.7 Å². The third-order valence-electron chi connectivity index (χ3n) is 3.06. The number of rotatable bonds is 1. The Morgan fingerprint density at radius 1 is 1.75 bits per heavy atom. The summed E-state index contributed by atoms with van der Waals surface area (Å²) in [6.45, 7) is 1.69. The second-order valence-electron chi connectivity index (χ2n) is 3.69. The molecule has 0 spiro atoms. The highest BCUT2D eigenvalue weighted by Gasteiger charge is 2.54. The zero-order chi connectivity index (χ0) is 8.77. The summed E-state index contributed by atoms with van der Waals surface area (Å²) in [7, 11) is 3.44. The van der Waals surface area contributed by atoms with Crippen molar-refractivity contribution in [3.63, 3.8) is 0 Å². The second kappa shape index (κ2) is 2.44. The average molecular weight is 170 g/mol. The number of carbonyl (C=O) groups excluding carboxylic acids is 1. The highest BCUT2D eigenvalue weighted by molar-refractivity contribution is 5.82. The quantitative estimate of drug-likeness (QED) is 0.523. The Bertz CT molecular complexity index is 219. The van der Waals surface area contributed by atoms with E-state index in [1.165, 1.54) is 7.11 Å². The Balaban J connectivity index is 2.23. The Kier molecular flexibility index (Phi) is 1.63. The number of likely N-dealkylation sites (tertiary alicyclic amines) is 1. The lowest BCUT2D eigenvalue weighted by atomic mass is 9.99. The maximum absolute atomic E-state index is 11.5. The number of carbonyl (C=O) groups is 1. The van der Waals surface area contributed by atoms with Crippen LogP contribution in [0.25, 0.3) is 0 Å². The molecule has 2 bridgehead atoms. The van der Waals surface area contributed by atoms with Crippen molar-refractivity contribution in [2.75, 3.05) is 27.2 Å². The summed E-state index contributed by atoms with van der Waals surface area (Å²) >= 11 is 0. The van der Waals surface area contributed by atoms with Gasteiger partial charge in [0.05, 0.1) is 7.11 Å². The molecular formula is C8H14N2O2. The molecule has 2 rings (SSSR count). The van der Waals surface area contributed by atoms with Crippen LogP contribution in [0.5, 0.6) is 0 Å². The summed E-state index contributed by atoms with van der Waals surface area (Å²) < 4.78 is 4.80. The largest absolute Gasteiger partial charge is 0.468 e. The Labute approximate surface area is 71.9 Å². The number of likely N-dealkylation sites (N-methyl/N-ethyl adjacent to an activating group) is 1. The number of hydrogen-bond donors (Lipinski definition) is 1. The second-order valence-corrected chi connectivity index (χ2v) is 3.69.